The zero-order valence-electron chi connectivity index (χ0n) is 17.5. The van der Waals surface area contributed by atoms with Crippen LogP contribution in [-0.4, -0.2) is 113 Å². The van der Waals surface area contributed by atoms with Crippen LogP contribution in [0, 0.1) is 0 Å². The number of aliphatic hydroxyl groups excluding tert-OH is 3. The van der Waals surface area contributed by atoms with Crippen molar-refractivity contribution in [3.8, 4) is 0 Å². The number of hydrogen-bond acceptors (Lipinski definition) is 13. The van der Waals surface area contributed by atoms with E-state index in [9.17, 15) is 28.8 Å². The molecule has 17 nitrogen and oxygen atoms in total. The van der Waals surface area contributed by atoms with Crippen molar-refractivity contribution in [3.63, 3.8) is 0 Å². The van der Waals surface area contributed by atoms with E-state index in [1.54, 1.807) is 0 Å². The van der Waals surface area contributed by atoms with Crippen LogP contribution in [0.1, 0.15) is 12.8 Å². The molecule has 194 valence electrons. The molecule has 2 radical (unpaired) electrons. The first-order valence-corrected chi connectivity index (χ1v) is 13.9. The molecule has 22 heteroatoms. The Morgan fingerprint density at radius 3 is 1.71 bits per heavy atom. The Morgan fingerprint density at radius 2 is 1.29 bits per heavy atom. The minimum absolute atomic E-state index is 0.0722. The predicted molar refractivity (Wildman–Crippen MR) is 112 cm³/mol. The molecular formula is C12H25B2N2O15P3. The molecule has 2 saturated heterocycles. The van der Waals surface area contributed by atoms with E-state index in [0.29, 0.717) is 13.0 Å². The van der Waals surface area contributed by atoms with Gasteiger partial charge in [-0.25, -0.2) is 4.57 Å². The van der Waals surface area contributed by atoms with Crippen LogP contribution in [0.2, 0.25) is 0 Å². The number of rotatable bonds is 12. The summed E-state index contributed by atoms with van der Waals surface area (Å²) in [6, 6.07) is 0. The molecule has 0 aromatic rings. The van der Waals surface area contributed by atoms with Gasteiger partial charge < -0.3 is 9.79 Å². The van der Waals surface area contributed by atoms with Gasteiger partial charge in [0.05, 0.1) is 0 Å². The molecule has 0 bridgehead atoms. The van der Waals surface area contributed by atoms with Crippen molar-refractivity contribution in [1.29, 1.82) is 0 Å². The quantitative estimate of drug-likeness (QED) is 0.103. The fourth-order valence-electron chi connectivity index (χ4n) is 2.89. The van der Waals surface area contributed by atoms with Crippen LogP contribution in [0.5, 0.6) is 0 Å². The minimum atomic E-state index is -5.57. The van der Waals surface area contributed by atoms with Crippen molar-refractivity contribution in [1.82, 2.24) is 0 Å². The summed E-state index contributed by atoms with van der Waals surface area (Å²) in [4.78, 5) is 41.6. The molecule has 0 amide bonds. The van der Waals surface area contributed by atoms with Gasteiger partial charge in [0.1, 0.15) is 0 Å². The third kappa shape index (κ3) is 12.3. The van der Waals surface area contributed by atoms with Crippen LogP contribution in [-0.2, 0) is 36.3 Å². The third-order valence-electron chi connectivity index (χ3n) is 4.22. The number of aliphatic hydroxyl groups is 3. The Hall–Kier alpha value is -0.0601. The number of phosphoric ester groups is 1. The second-order valence-electron chi connectivity index (χ2n) is 7.00. The summed E-state index contributed by atoms with van der Waals surface area (Å²) >= 11 is 0. The summed E-state index contributed by atoms with van der Waals surface area (Å²) in [5.41, 5.74) is 0. The van der Waals surface area contributed by atoms with Crippen LogP contribution in [0.4, 0.5) is 0 Å². The molecule has 0 saturated carbocycles. The van der Waals surface area contributed by atoms with Crippen LogP contribution >= 0.6 is 23.5 Å². The van der Waals surface area contributed by atoms with Gasteiger partial charge in [0.2, 0.25) is 0 Å². The zero-order valence-corrected chi connectivity index (χ0v) is 20.2. The van der Waals surface area contributed by atoms with E-state index >= 15 is 0 Å². The van der Waals surface area contributed by atoms with Gasteiger partial charge >= 0.3 is 181 Å². The van der Waals surface area contributed by atoms with Crippen molar-refractivity contribution in [2.75, 3.05) is 26.3 Å². The molecule has 8 atom stereocenters. The van der Waals surface area contributed by atoms with E-state index in [1.165, 1.54) is 0 Å². The van der Waals surface area contributed by atoms with Gasteiger partial charge in [-0.15, -0.1) is 0 Å². The first-order chi connectivity index (χ1) is 15.6. The SMILES string of the molecule is [B]=NC[C@H]1CC(O)[C@@H](CO)O1.[B]=NC[C@H]1CC(O)[C@@H](COP(=O)(O)OP(=O)(O)OP(=O)(O)O)O1. The monoisotopic (exact) mass is 552 g/mol. The molecule has 0 aromatic heterocycles. The Labute approximate surface area is 196 Å². The molecule has 2 heterocycles. The molecule has 7 N–H and O–H groups in total. The van der Waals surface area contributed by atoms with Gasteiger partial charge in [0, 0.05) is 0 Å². The maximum absolute atomic E-state index is 11.5. The first-order valence-electron chi connectivity index (χ1n) is 9.41. The Morgan fingerprint density at radius 1 is 0.824 bits per heavy atom. The summed E-state index contributed by atoms with van der Waals surface area (Å²) in [5.74, 6) is 0. The van der Waals surface area contributed by atoms with Crippen molar-refractivity contribution in [2.45, 2.75) is 49.5 Å². The van der Waals surface area contributed by atoms with Crippen molar-refractivity contribution >= 4 is 38.7 Å². The second-order valence-corrected chi connectivity index (χ2v) is 11.4. The summed E-state index contributed by atoms with van der Waals surface area (Å²) in [7, 11) is -6.36. The van der Waals surface area contributed by atoms with Crippen molar-refractivity contribution < 1.29 is 71.2 Å². The van der Waals surface area contributed by atoms with Crippen LogP contribution in [0.25, 0.3) is 0 Å². The van der Waals surface area contributed by atoms with E-state index in [1.807, 2.05) is 0 Å². The summed E-state index contributed by atoms with van der Waals surface area (Å²) in [5, 5.41) is 27.5. The maximum atomic E-state index is 11.5. The average Bonchev–Trinajstić information content (AvgIpc) is 3.19. The van der Waals surface area contributed by atoms with Crippen LogP contribution < -0.4 is 0 Å². The van der Waals surface area contributed by atoms with E-state index in [4.69, 9.17) is 44.5 Å². The molecule has 0 spiro atoms. The fourth-order valence-corrected chi connectivity index (χ4v) is 5.92. The second kappa shape index (κ2) is 14.0. The summed E-state index contributed by atoms with van der Waals surface area (Å²) in [6.07, 6.45) is -3.21. The van der Waals surface area contributed by atoms with Gasteiger partial charge in [-0.05, 0) is 0 Å². The Balaban J connectivity index is 0.000000437. The average molecular weight is 552 g/mol. The van der Waals surface area contributed by atoms with Crippen molar-refractivity contribution in [2.24, 2.45) is 9.79 Å². The molecular weight excluding hydrogens is 527 g/mol. The van der Waals surface area contributed by atoms with E-state index in [2.05, 4.69) is 22.9 Å². The molecule has 2 fully saturated rings. The molecule has 2 aliphatic rings. The molecule has 2 aliphatic heterocycles. The first kappa shape index (κ1) is 32.0. The van der Waals surface area contributed by atoms with Gasteiger partial charge in [-0.3, -0.25) is 0 Å². The topological polar surface area (TPSA) is 264 Å². The molecule has 0 aliphatic carbocycles. The van der Waals surface area contributed by atoms with Gasteiger partial charge in [0.15, 0.2) is 0 Å². The molecule has 34 heavy (non-hydrogen) atoms. The van der Waals surface area contributed by atoms with E-state index in [-0.39, 0.29) is 25.7 Å². The summed E-state index contributed by atoms with van der Waals surface area (Å²) < 4.78 is 54.8. The number of hydrogen-bond donors (Lipinski definition) is 7. The van der Waals surface area contributed by atoms with Crippen molar-refractivity contribution in [3.05, 3.63) is 0 Å². The van der Waals surface area contributed by atoms with Gasteiger partial charge in [0.25, 0.3) is 0 Å². The normalized spacial score (nSPS) is 32.7. The zero-order chi connectivity index (χ0) is 26.2. The predicted octanol–water partition coefficient (Wildman–Crippen LogP) is -1.95. The van der Waals surface area contributed by atoms with Crippen LogP contribution in [0.3, 0.4) is 0 Å². The summed E-state index contributed by atoms with van der Waals surface area (Å²) in [6.45, 7) is -0.412. The third-order valence-corrected chi connectivity index (χ3v) is 8.02. The van der Waals surface area contributed by atoms with Gasteiger partial charge in [-0.2, -0.15) is 0 Å². The number of phosphoric acid groups is 3. The molecule has 2 rings (SSSR count). The standard InChI is InChI=1S/C6H14BNO12P3.C6H11BNO3/c7-8-2-4-1-5(9)6(18-4)3-17-22(13,14)20-23(15,16)19-21(10,11)12;7-8-2-4-1-5(10)6(3-9)11-4/h4-6,9H,1-3H2,(H,13,14)(H,15,16)(H2,10,11,12);4-6,9-10H,1-3H2/t2*4-,5?,6-/m11/s1. The van der Waals surface area contributed by atoms with E-state index < -0.39 is 60.6 Å². The Kier molecular flexibility index (Phi) is 13.2. The van der Waals surface area contributed by atoms with Crippen LogP contribution in [0.15, 0.2) is 9.79 Å². The fraction of sp³-hybridized carbons (Fsp3) is 1.00. The molecule has 4 unspecified atom stereocenters. The van der Waals surface area contributed by atoms with Gasteiger partial charge in [-0.1, -0.05) is 0 Å². The molecule has 0 aromatic carbocycles. The Bertz CT molecular complexity index is 818. The number of ether oxygens (including phenoxy) is 2. The number of nitrogens with zero attached hydrogens (tertiary/aromatic N) is 2. The van der Waals surface area contributed by atoms with E-state index in [0.717, 1.165) is 0 Å².